The van der Waals surface area contributed by atoms with E-state index in [-0.39, 0.29) is 19.1 Å². The molecule has 5 aromatic rings. The highest BCUT2D eigenvalue weighted by atomic mass is 79.9. The van der Waals surface area contributed by atoms with Crippen LogP contribution in [0.2, 0.25) is 0 Å². The number of rotatable bonds is 6. The molecule has 0 unspecified atom stereocenters. The lowest BCUT2D eigenvalue weighted by Crippen LogP contribution is -2.20. The van der Waals surface area contributed by atoms with Gasteiger partial charge in [-0.2, -0.15) is 0 Å². The van der Waals surface area contributed by atoms with Gasteiger partial charge in [-0.25, -0.2) is 4.98 Å². The van der Waals surface area contributed by atoms with E-state index < -0.39 is 0 Å². The Hall–Kier alpha value is -3.64. The molecule has 4 aromatic carbocycles. The number of ether oxygens (including phenoxy) is 1. The van der Waals surface area contributed by atoms with Crippen molar-refractivity contribution in [2.45, 2.75) is 13.2 Å². The van der Waals surface area contributed by atoms with Gasteiger partial charge < -0.3 is 14.6 Å². The summed E-state index contributed by atoms with van der Waals surface area (Å²) >= 11 is 3.43. The number of carbonyl (C=O) groups is 1. The number of aromatic nitrogens is 2. The second-order valence-corrected chi connectivity index (χ2v) is 8.34. The Morgan fingerprint density at radius 2 is 1.72 bits per heavy atom. The number of para-hydroxylation sites is 2. The van der Waals surface area contributed by atoms with Gasteiger partial charge in [0.15, 0.2) is 0 Å². The molecule has 0 bridgehead atoms. The number of fused-ring (bicyclic) bond motifs is 2. The summed E-state index contributed by atoms with van der Waals surface area (Å²) in [5, 5.41) is 5.12. The molecule has 32 heavy (non-hydrogen) atoms. The minimum Gasteiger partial charge on any atom is -0.485 e. The third kappa shape index (κ3) is 4.22. The zero-order chi connectivity index (χ0) is 21.9. The first kappa shape index (κ1) is 20.3. The molecule has 6 heteroatoms. The van der Waals surface area contributed by atoms with Crippen LogP contribution in [0.3, 0.4) is 0 Å². The molecular formula is C26H20BrN3O2. The first-order valence-corrected chi connectivity index (χ1v) is 11.1. The Kier molecular flexibility index (Phi) is 5.60. The van der Waals surface area contributed by atoms with E-state index in [4.69, 9.17) is 9.72 Å². The number of amides is 1. The van der Waals surface area contributed by atoms with Crippen molar-refractivity contribution in [2.24, 2.45) is 0 Å². The van der Waals surface area contributed by atoms with Crippen LogP contribution in [0.1, 0.15) is 5.82 Å². The molecular weight excluding hydrogens is 466 g/mol. The molecule has 0 radical (unpaired) electrons. The average molecular weight is 486 g/mol. The van der Waals surface area contributed by atoms with Gasteiger partial charge in [0.1, 0.15) is 24.7 Å². The highest BCUT2D eigenvalue weighted by Crippen LogP contribution is 2.26. The van der Waals surface area contributed by atoms with Crippen molar-refractivity contribution in [1.82, 2.24) is 9.55 Å². The van der Waals surface area contributed by atoms with Crippen LogP contribution in [-0.4, -0.2) is 15.5 Å². The lowest BCUT2D eigenvalue weighted by molar-refractivity contribution is -0.116. The van der Waals surface area contributed by atoms with Crippen LogP contribution < -0.4 is 10.1 Å². The van der Waals surface area contributed by atoms with Gasteiger partial charge in [-0.3, -0.25) is 4.79 Å². The fraction of sp³-hybridized carbons (Fsp3) is 0.0769. The highest BCUT2D eigenvalue weighted by molar-refractivity contribution is 9.10. The summed E-state index contributed by atoms with van der Waals surface area (Å²) in [5.41, 5.74) is 2.47. The maximum Gasteiger partial charge on any atom is 0.244 e. The van der Waals surface area contributed by atoms with Crippen molar-refractivity contribution in [3.8, 4) is 5.75 Å². The summed E-state index contributed by atoms with van der Waals surface area (Å²) in [6.45, 7) is 0.397. The molecule has 1 heterocycles. The van der Waals surface area contributed by atoms with E-state index in [2.05, 4.69) is 33.4 Å². The van der Waals surface area contributed by atoms with Crippen LogP contribution in [0.5, 0.6) is 5.75 Å². The van der Waals surface area contributed by atoms with E-state index in [9.17, 15) is 4.79 Å². The largest absolute Gasteiger partial charge is 0.485 e. The minimum absolute atomic E-state index is 0.127. The van der Waals surface area contributed by atoms with E-state index in [0.717, 1.165) is 37.7 Å². The summed E-state index contributed by atoms with van der Waals surface area (Å²) in [4.78, 5) is 17.6. The number of anilines is 1. The molecule has 0 aliphatic rings. The summed E-state index contributed by atoms with van der Waals surface area (Å²) in [5.74, 6) is 1.36. The number of nitrogens with one attached hydrogen (secondary N) is 1. The van der Waals surface area contributed by atoms with Crippen LogP contribution in [0.15, 0.2) is 95.5 Å². The van der Waals surface area contributed by atoms with Gasteiger partial charge in [0.2, 0.25) is 5.91 Å². The SMILES string of the molecule is O=C(Cn1c(COc2cccc3ccccc23)nc2ccccc21)Nc1cccc(Br)c1. The molecule has 1 aromatic heterocycles. The number of hydrogen-bond acceptors (Lipinski definition) is 3. The topological polar surface area (TPSA) is 56.2 Å². The van der Waals surface area contributed by atoms with Gasteiger partial charge in [-0.15, -0.1) is 0 Å². The second kappa shape index (κ2) is 8.85. The van der Waals surface area contributed by atoms with Crippen molar-refractivity contribution in [3.05, 3.63) is 101 Å². The molecule has 1 N–H and O–H groups in total. The average Bonchev–Trinajstić information content (AvgIpc) is 3.15. The molecule has 1 amide bonds. The zero-order valence-electron chi connectivity index (χ0n) is 17.2. The van der Waals surface area contributed by atoms with Crippen LogP contribution in [-0.2, 0) is 17.9 Å². The van der Waals surface area contributed by atoms with Gasteiger partial charge in [-0.05, 0) is 41.8 Å². The molecule has 0 spiro atoms. The van der Waals surface area contributed by atoms with Gasteiger partial charge in [0, 0.05) is 15.5 Å². The monoisotopic (exact) mass is 485 g/mol. The molecule has 0 aliphatic carbocycles. The van der Waals surface area contributed by atoms with Gasteiger partial charge in [0.25, 0.3) is 0 Å². The number of carbonyl (C=O) groups excluding carboxylic acids is 1. The Balaban J connectivity index is 1.42. The smallest absolute Gasteiger partial charge is 0.244 e. The number of benzene rings is 4. The Labute approximate surface area is 193 Å². The molecule has 0 atom stereocenters. The first-order chi connectivity index (χ1) is 15.7. The maximum atomic E-state index is 12.8. The number of hydrogen-bond donors (Lipinski definition) is 1. The van der Waals surface area contributed by atoms with Gasteiger partial charge in [-0.1, -0.05) is 70.5 Å². The number of halogens is 1. The molecule has 0 fully saturated rings. The fourth-order valence-corrected chi connectivity index (χ4v) is 4.19. The second-order valence-electron chi connectivity index (χ2n) is 7.43. The standard InChI is InChI=1S/C26H20BrN3O2/c27-19-9-6-10-20(15-19)28-26(31)16-30-23-13-4-3-12-22(23)29-25(30)17-32-24-14-5-8-18-7-1-2-11-21(18)24/h1-15H,16-17H2,(H,28,31). The fourth-order valence-electron chi connectivity index (χ4n) is 3.79. The predicted molar refractivity (Wildman–Crippen MR) is 131 cm³/mol. The van der Waals surface area contributed by atoms with E-state index in [0.29, 0.717) is 5.82 Å². The summed E-state index contributed by atoms with van der Waals surface area (Å²) < 4.78 is 8.99. The van der Waals surface area contributed by atoms with Crippen LogP contribution >= 0.6 is 15.9 Å². The molecule has 5 nitrogen and oxygen atoms in total. The van der Waals surface area contributed by atoms with Crippen molar-refractivity contribution in [2.75, 3.05) is 5.32 Å². The Morgan fingerprint density at radius 3 is 2.62 bits per heavy atom. The Bertz CT molecular complexity index is 1420. The predicted octanol–water partition coefficient (Wildman–Crippen LogP) is 6.17. The molecule has 0 aliphatic heterocycles. The van der Waals surface area contributed by atoms with Crippen molar-refractivity contribution in [3.63, 3.8) is 0 Å². The van der Waals surface area contributed by atoms with E-state index in [1.807, 2.05) is 83.4 Å². The summed E-state index contributed by atoms with van der Waals surface area (Å²) in [7, 11) is 0. The lowest BCUT2D eigenvalue weighted by atomic mass is 10.1. The van der Waals surface area contributed by atoms with E-state index in [1.165, 1.54) is 0 Å². The van der Waals surface area contributed by atoms with E-state index in [1.54, 1.807) is 0 Å². The zero-order valence-corrected chi connectivity index (χ0v) is 18.7. The van der Waals surface area contributed by atoms with Crippen LogP contribution in [0.4, 0.5) is 5.69 Å². The normalized spacial score (nSPS) is 11.0. The Morgan fingerprint density at radius 1 is 0.938 bits per heavy atom. The minimum atomic E-state index is -0.127. The third-order valence-corrected chi connectivity index (χ3v) is 5.74. The highest BCUT2D eigenvalue weighted by Gasteiger charge is 2.15. The van der Waals surface area contributed by atoms with Gasteiger partial charge >= 0.3 is 0 Å². The number of imidazole rings is 1. The van der Waals surface area contributed by atoms with Crippen LogP contribution in [0.25, 0.3) is 21.8 Å². The molecule has 0 saturated carbocycles. The maximum absolute atomic E-state index is 12.8. The lowest BCUT2D eigenvalue weighted by Gasteiger charge is -2.12. The summed E-state index contributed by atoms with van der Waals surface area (Å²) in [6, 6.07) is 29.4. The van der Waals surface area contributed by atoms with Crippen LogP contribution in [0, 0.1) is 0 Å². The van der Waals surface area contributed by atoms with Gasteiger partial charge in [0.05, 0.1) is 11.0 Å². The summed E-state index contributed by atoms with van der Waals surface area (Å²) in [6.07, 6.45) is 0. The quantitative estimate of drug-likeness (QED) is 0.312. The molecule has 0 saturated heterocycles. The molecule has 5 rings (SSSR count). The van der Waals surface area contributed by atoms with E-state index >= 15 is 0 Å². The van der Waals surface area contributed by atoms with Crippen molar-refractivity contribution >= 4 is 49.3 Å². The third-order valence-electron chi connectivity index (χ3n) is 5.25. The van der Waals surface area contributed by atoms with Crippen molar-refractivity contribution < 1.29 is 9.53 Å². The molecule has 158 valence electrons. The first-order valence-electron chi connectivity index (χ1n) is 10.3. The number of nitrogens with zero attached hydrogens (tertiary/aromatic N) is 2. The van der Waals surface area contributed by atoms with Crippen molar-refractivity contribution in [1.29, 1.82) is 0 Å².